The molecule has 0 radical (unpaired) electrons. The first kappa shape index (κ1) is 25.7. The summed E-state index contributed by atoms with van der Waals surface area (Å²) in [5.41, 5.74) is 6.52. The van der Waals surface area contributed by atoms with Crippen molar-refractivity contribution in [3.8, 4) is 11.1 Å². The predicted octanol–water partition coefficient (Wildman–Crippen LogP) is 8.65. The van der Waals surface area contributed by atoms with Crippen molar-refractivity contribution >= 4 is 61.7 Å². The van der Waals surface area contributed by atoms with Gasteiger partial charge in [0.25, 0.3) is 0 Å². The highest BCUT2D eigenvalue weighted by atomic mass is 31.2. The zero-order chi connectivity index (χ0) is 29.0. The number of hydrogen-bond donors (Lipinski definition) is 0. The van der Waals surface area contributed by atoms with Gasteiger partial charge in [-0.2, -0.15) is 0 Å². The second kappa shape index (κ2) is 10.1. The normalized spacial score (nSPS) is 14.6. The molecule has 0 aliphatic heterocycles. The van der Waals surface area contributed by atoms with E-state index in [4.69, 9.17) is 4.98 Å². The van der Waals surface area contributed by atoms with E-state index in [0.29, 0.717) is 11.2 Å². The van der Waals surface area contributed by atoms with Gasteiger partial charge in [0.2, 0.25) is 0 Å². The quantitative estimate of drug-likeness (QED) is 0.121. The Bertz CT molecular complexity index is 2190. The Kier molecular flexibility index (Phi) is 6.04. The maximum absolute atomic E-state index is 15.0. The van der Waals surface area contributed by atoms with E-state index in [9.17, 15) is 4.57 Å². The van der Waals surface area contributed by atoms with E-state index < -0.39 is 7.14 Å². The largest absolute Gasteiger partial charge is 0.308 e. The third kappa shape index (κ3) is 4.12. The van der Waals surface area contributed by atoms with Crippen LogP contribution in [0.2, 0.25) is 0 Å². The molecule has 2 nitrogen and oxygen atoms in total. The summed E-state index contributed by atoms with van der Waals surface area (Å²) in [5.74, 6) is 0.506. The summed E-state index contributed by atoms with van der Waals surface area (Å²) >= 11 is 0. The zero-order valence-corrected chi connectivity index (χ0v) is 24.7. The average Bonchev–Trinajstić information content (AvgIpc) is 3.07. The van der Waals surface area contributed by atoms with Crippen LogP contribution >= 0.6 is 7.14 Å². The van der Waals surface area contributed by atoms with Crippen LogP contribution in [0.1, 0.15) is 18.1 Å². The van der Waals surface area contributed by atoms with Crippen molar-refractivity contribution < 1.29 is 4.57 Å². The van der Waals surface area contributed by atoms with Gasteiger partial charge >= 0.3 is 0 Å². The van der Waals surface area contributed by atoms with Gasteiger partial charge in [-0.1, -0.05) is 140 Å². The maximum atomic E-state index is 15.0. The molecule has 1 aromatic heterocycles. The number of pyridine rings is 1. The average molecular weight is 570 g/mol. The van der Waals surface area contributed by atoms with Gasteiger partial charge in [0, 0.05) is 43.5 Å². The van der Waals surface area contributed by atoms with E-state index in [0.717, 1.165) is 55.3 Å². The van der Waals surface area contributed by atoms with E-state index in [1.807, 2.05) is 66.7 Å². The van der Waals surface area contributed by atoms with Crippen molar-refractivity contribution in [1.29, 1.82) is 0 Å². The molecule has 7 aromatic rings. The molecule has 1 unspecified atom stereocenters. The van der Waals surface area contributed by atoms with Crippen LogP contribution in [-0.4, -0.2) is 4.98 Å². The molecule has 0 saturated carbocycles. The minimum absolute atomic E-state index is 0.506. The third-order valence-electron chi connectivity index (χ3n) is 8.68. The van der Waals surface area contributed by atoms with Crippen LogP contribution in [0, 0.1) is 18.1 Å². The number of fused-ring (bicyclic) bond motifs is 6. The maximum Gasteiger partial charge on any atom is 0.179 e. The van der Waals surface area contributed by atoms with Crippen molar-refractivity contribution in [3.05, 3.63) is 151 Å². The number of hydrogen-bond acceptors (Lipinski definition) is 2. The molecule has 0 bridgehead atoms. The van der Waals surface area contributed by atoms with E-state index in [1.54, 1.807) is 0 Å². The second-order valence-electron chi connectivity index (χ2n) is 11.4. The molecule has 0 amide bonds. The molecule has 6 aromatic carbocycles. The SMILES string of the molecule is CC1C=Cc2c(ccc3c(-c4c#cc(P(=O)(c5ccccc5)c5ccccc5)cc4)c4ccc5ccccc5c4nc23)C1. The van der Waals surface area contributed by atoms with Gasteiger partial charge in [-0.25, -0.2) is 4.98 Å². The minimum atomic E-state index is -3.15. The highest BCUT2D eigenvalue weighted by Crippen LogP contribution is 2.43. The lowest BCUT2D eigenvalue weighted by molar-refractivity contribution is 0.592. The number of aromatic nitrogens is 1. The summed E-state index contributed by atoms with van der Waals surface area (Å²) < 4.78 is 15.0. The lowest BCUT2D eigenvalue weighted by atomic mass is 9.87. The first-order valence-corrected chi connectivity index (χ1v) is 16.4. The molecule has 0 saturated heterocycles. The van der Waals surface area contributed by atoms with Crippen LogP contribution in [0.5, 0.6) is 0 Å². The van der Waals surface area contributed by atoms with Gasteiger partial charge in [0.15, 0.2) is 7.14 Å². The van der Waals surface area contributed by atoms with Crippen molar-refractivity contribution in [1.82, 2.24) is 4.98 Å². The van der Waals surface area contributed by atoms with Gasteiger partial charge in [0.1, 0.15) is 0 Å². The molecular weight excluding hydrogens is 541 g/mol. The molecule has 0 fully saturated rings. The third-order valence-corrected chi connectivity index (χ3v) is 11.7. The molecule has 8 rings (SSSR count). The second-order valence-corrected chi connectivity index (χ2v) is 14.1. The summed E-state index contributed by atoms with van der Waals surface area (Å²) in [6.45, 7) is 2.26. The lowest BCUT2D eigenvalue weighted by Crippen LogP contribution is -2.24. The molecule has 3 heteroatoms. The molecule has 1 aliphatic rings. The summed E-state index contributed by atoms with van der Waals surface area (Å²) in [6, 6.07) is 47.6. The van der Waals surface area contributed by atoms with Crippen LogP contribution in [0.3, 0.4) is 0 Å². The summed E-state index contributed by atoms with van der Waals surface area (Å²) in [4.78, 5) is 5.35. The Labute approximate surface area is 251 Å². The summed E-state index contributed by atoms with van der Waals surface area (Å²) in [5, 5.41) is 6.69. The van der Waals surface area contributed by atoms with Crippen molar-refractivity contribution in [2.45, 2.75) is 13.3 Å². The number of benzene rings is 5. The van der Waals surface area contributed by atoms with Gasteiger partial charge in [-0.3, -0.25) is 0 Å². The van der Waals surface area contributed by atoms with Gasteiger partial charge in [-0.15, -0.1) is 0 Å². The van der Waals surface area contributed by atoms with E-state index >= 15 is 0 Å². The van der Waals surface area contributed by atoms with Crippen molar-refractivity contribution in [2.75, 3.05) is 0 Å². The lowest BCUT2D eigenvalue weighted by Gasteiger charge is -2.20. The Balaban J connectivity index is 1.39. The highest BCUT2D eigenvalue weighted by Gasteiger charge is 2.30. The molecule has 1 atom stereocenters. The molecule has 1 heterocycles. The fourth-order valence-corrected chi connectivity index (χ4v) is 9.08. The molecule has 1 aliphatic carbocycles. The highest BCUT2D eigenvalue weighted by molar-refractivity contribution is 7.85. The molecule has 0 N–H and O–H groups in total. The van der Waals surface area contributed by atoms with Crippen LogP contribution in [0.4, 0.5) is 0 Å². The van der Waals surface area contributed by atoms with E-state index in [2.05, 4.69) is 85.8 Å². The van der Waals surface area contributed by atoms with Crippen molar-refractivity contribution in [3.63, 3.8) is 0 Å². The molecule has 204 valence electrons. The number of allylic oxidation sites excluding steroid dienone is 1. The topological polar surface area (TPSA) is 30.0 Å². The fourth-order valence-electron chi connectivity index (χ4n) is 6.55. The Morgan fingerprint density at radius 2 is 1.35 bits per heavy atom. The summed E-state index contributed by atoms with van der Waals surface area (Å²) in [7, 11) is -3.15. The van der Waals surface area contributed by atoms with E-state index in [-0.39, 0.29) is 0 Å². The molecule has 43 heavy (non-hydrogen) atoms. The smallest absolute Gasteiger partial charge is 0.179 e. The van der Waals surface area contributed by atoms with Gasteiger partial charge < -0.3 is 4.57 Å². The summed E-state index contributed by atoms with van der Waals surface area (Å²) in [6.07, 6.45) is 5.54. The van der Waals surface area contributed by atoms with E-state index in [1.165, 1.54) is 16.5 Å². The van der Waals surface area contributed by atoms with Crippen LogP contribution in [0.25, 0.3) is 49.8 Å². The first-order valence-electron chi connectivity index (χ1n) is 14.7. The standard InChI is InChI=1S/C40H28NOP/c1-27-16-23-35-30(26-27)20-25-37-38(36-24-19-28-10-8-9-15-34(28)39(36)41-40(35)37)29-17-21-33(22-18-29)43(42,31-11-4-2-5-12-31)32-13-6-3-7-14-32/h2-17,19-21,23-25,27H,26H2,1H3. The van der Waals surface area contributed by atoms with Crippen LogP contribution < -0.4 is 15.9 Å². The Morgan fingerprint density at radius 1 is 0.674 bits per heavy atom. The van der Waals surface area contributed by atoms with Crippen molar-refractivity contribution in [2.24, 2.45) is 5.92 Å². The molecule has 0 spiro atoms. The molecular formula is C40H28NOP. The van der Waals surface area contributed by atoms with Gasteiger partial charge in [0.05, 0.1) is 16.3 Å². The number of rotatable bonds is 4. The number of nitrogens with zero attached hydrogens (tertiary/aromatic N) is 1. The van der Waals surface area contributed by atoms with Crippen LogP contribution in [-0.2, 0) is 11.0 Å². The first-order chi connectivity index (χ1) is 21.1. The van der Waals surface area contributed by atoms with Gasteiger partial charge in [-0.05, 0) is 35.4 Å². The van der Waals surface area contributed by atoms with Crippen LogP contribution in [0.15, 0.2) is 127 Å². The minimum Gasteiger partial charge on any atom is -0.308 e. The zero-order valence-electron chi connectivity index (χ0n) is 23.8. The fraction of sp³-hybridized carbons (Fsp3) is 0.0750. The Morgan fingerprint density at radius 3 is 2.07 bits per heavy atom. The monoisotopic (exact) mass is 569 g/mol. The predicted molar refractivity (Wildman–Crippen MR) is 181 cm³/mol. The Hall–Kier alpha value is -4.96.